The Morgan fingerprint density at radius 2 is 2.08 bits per heavy atom. The van der Waals surface area contributed by atoms with Crippen LogP contribution in [0.25, 0.3) is 0 Å². The van der Waals surface area contributed by atoms with Crippen LogP contribution in [0, 0.1) is 10.1 Å². The number of nitrogens with zero attached hydrogens (tertiary/aromatic N) is 1. The minimum absolute atomic E-state index is 0.0833. The molecule has 1 heterocycles. The summed E-state index contributed by atoms with van der Waals surface area (Å²) in [6.45, 7) is 1.03. The topological polar surface area (TPSA) is 55.2 Å². The maximum Gasteiger partial charge on any atom is 0.218 e. The summed E-state index contributed by atoms with van der Waals surface area (Å²) in [7, 11) is 0. The van der Waals surface area contributed by atoms with Gasteiger partial charge >= 0.3 is 0 Å². The fraction of sp³-hybridized carbons (Fsp3) is 1.00. The highest BCUT2D eigenvalue weighted by Gasteiger charge is 2.15. The van der Waals surface area contributed by atoms with Gasteiger partial charge in [0.1, 0.15) is 0 Å². The SMILES string of the molecule is O=[N+]([O-])CC1CCCCCCN1. The van der Waals surface area contributed by atoms with Gasteiger partial charge in [-0.15, -0.1) is 0 Å². The molecule has 1 aliphatic heterocycles. The summed E-state index contributed by atoms with van der Waals surface area (Å²) in [4.78, 5) is 10.0. The van der Waals surface area contributed by atoms with Crippen LogP contribution in [0.4, 0.5) is 0 Å². The molecule has 0 saturated carbocycles. The van der Waals surface area contributed by atoms with Crippen molar-refractivity contribution in [2.75, 3.05) is 13.1 Å². The van der Waals surface area contributed by atoms with E-state index in [9.17, 15) is 10.1 Å². The van der Waals surface area contributed by atoms with Crippen LogP contribution >= 0.6 is 0 Å². The zero-order valence-corrected chi connectivity index (χ0v) is 7.29. The second kappa shape index (κ2) is 5.09. The standard InChI is InChI=1S/C8H16N2O2/c11-10(12)7-8-5-3-1-2-4-6-9-8/h8-9H,1-7H2. The van der Waals surface area contributed by atoms with E-state index in [-0.39, 0.29) is 17.5 Å². The molecule has 0 aromatic rings. The van der Waals surface area contributed by atoms with Crippen LogP contribution < -0.4 is 5.32 Å². The molecule has 0 spiro atoms. The van der Waals surface area contributed by atoms with Crippen LogP contribution in [0.2, 0.25) is 0 Å². The molecule has 0 aromatic carbocycles. The second-order valence-corrected chi connectivity index (χ2v) is 3.37. The molecule has 1 aliphatic rings. The number of rotatable bonds is 2. The predicted molar refractivity (Wildman–Crippen MR) is 46.7 cm³/mol. The Labute approximate surface area is 72.5 Å². The van der Waals surface area contributed by atoms with Crippen molar-refractivity contribution in [2.45, 2.75) is 38.1 Å². The Morgan fingerprint density at radius 3 is 2.83 bits per heavy atom. The van der Waals surface area contributed by atoms with E-state index in [1.54, 1.807) is 0 Å². The summed E-state index contributed by atoms with van der Waals surface area (Å²) in [6, 6.07) is 0.111. The zero-order chi connectivity index (χ0) is 8.81. The number of hydrogen-bond donors (Lipinski definition) is 1. The van der Waals surface area contributed by atoms with Crippen molar-refractivity contribution in [3.05, 3.63) is 10.1 Å². The van der Waals surface area contributed by atoms with Gasteiger partial charge in [0.2, 0.25) is 6.54 Å². The molecule has 12 heavy (non-hydrogen) atoms. The summed E-state index contributed by atoms with van der Waals surface area (Å²) in [5.41, 5.74) is 0. The molecule has 70 valence electrons. The zero-order valence-electron chi connectivity index (χ0n) is 7.29. The van der Waals surface area contributed by atoms with Crippen LogP contribution in [-0.4, -0.2) is 24.1 Å². The molecule has 1 rings (SSSR count). The van der Waals surface area contributed by atoms with E-state index in [4.69, 9.17) is 0 Å². The van der Waals surface area contributed by atoms with E-state index in [1.807, 2.05) is 0 Å². The summed E-state index contributed by atoms with van der Waals surface area (Å²) in [6.07, 6.45) is 5.74. The van der Waals surface area contributed by atoms with E-state index in [0.29, 0.717) is 0 Å². The van der Waals surface area contributed by atoms with Crippen molar-refractivity contribution >= 4 is 0 Å². The van der Waals surface area contributed by atoms with Crippen molar-refractivity contribution < 1.29 is 4.92 Å². The lowest BCUT2D eigenvalue weighted by atomic mass is 10.0. The number of nitro groups is 1. The Balaban J connectivity index is 2.24. The van der Waals surface area contributed by atoms with Gasteiger partial charge in [-0.25, -0.2) is 0 Å². The molecular weight excluding hydrogens is 156 g/mol. The predicted octanol–water partition coefficient (Wildman–Crippen LogP) is 1.19. The lowest BCUT2D eigenvalue weighted by molar-refractivity contribution is -0.483. The van der Waals surface area contributed by atoms with E-state index in [1.165, 1.54) is 12.8 Å². The summed E-state index contributed by atoms with van der Waals surface area (Å²) in [5, 5.41) is 13.4. The molecule has 4 nitrogen and oxygen atoms in total. The first-order valence-corrected chi connectivity index (χ1v) is 4.64. The summed E-state index contributed by atoms with van der Waals surface area (Å²) in [5.74, 6) is 0. The van der Waals surface area contributed by atoms with Crippen molar-refractivity contribution in [3.8, 4) is 0 Å². The lowest BCUT2D eigenvalue weighted by Crippen LogP contribution is -2.36. The molecule has 0 aromatic heterocycles. The molecule has 4 heteroatoms. The molecule has 1 unspecified atom stereocenters. The van der Waals surface area contributed by atoms with Crippen LogP contribution in [0.3, 0.4) is 0 Å². The maximum absolute atomic E-state index is 10.2. The fourth-order valence-electron chi connectivity index (χ4n) is 1.61. The summed E-state index contributed by atoms with van der Waals surface area (Å²) >= 11 is 0. The maximum atomic E-state index is 10.2. The monoisotopic (exact) mass is 172 g/mol. The van der Waals surface area contributed by atoms with Crippen molar-refractivity contribution in [2.24, 2.45) is 0 Å². The van der Waals surface area contributed by atoms with Gasteiger partial charge in [-0.3, -0.25) is 10.1 Å². The average Bonchev–Trinajstić information content (AvgIpc) is 1.93. The lowest BCUT2D eigenvalue weighted by Gasteiger charge is -2.17. The minimum Gasteiger partial charge on any atom is -0.308 e. The molecule has 0 radical (unpaired) electrons. The van der Waals surface area contributed by atoms with Crippen molar-refractivity contribution in [1.82, 2.24) is 5.32 Å². The average molecular weight is 172 g/mol. The normalized spacial score (nSPS) is 25.8. The number of hydrogen-bond acceptors (Lipinski definition) is 3. The van der Waals surface area contributed by atoms with E-state index < -0.39 is 0 Å². The smallest absolute Gasteiger partial charge is 0.218 e. The van der Waals surface area contributed by atoms with Gasteiger partial charge in [-0.2, -0.15) is 0 Å². The van der Waals surface area contributed by atoms with Gasteiger partial charge in [0.15, 0.2) is 0 Å². The molecule has 1 atom stereocenters. The van der Waals surface area contributed by atoms with Gasteiger partial charge in [0.05, 0.1) is 6.04 Å². The van der Waals surface area contributed by atoms with E-state index in [0.717, 1.165) is 25.8 Å². The molecule has 1 N–H and O–H groups in total. The fourth-order valence-corrected chi connectivity index (χ4v) is 1.61. The van der Waals surface area contributed by atoms with Crippen LogP contribution in [-0.2, 0) is 0 Å². The minimum atomic E-state index is -0.223. The van der Waals surface area contributed by atoms with Crippen molar-refractivity contribution in [1.29, 1.82) is 0 Å². The van der Waals surface area contributed by atoms with Gasteiger partial charge in [0.25, 0.3) is 0 Å². The third-order valence-corrected chi connectivity index (χ3v) is 2.28. The van der Waals surface area contributed by atoms with Gasteiger partial charge in [-0.1, -0.05) is 19.3 Å². The molecule has 0 bridgehead atoms. The quantitative estimate of drug-likeness (QED) is 0.502. The highest BCUT2D eigenvalue weighted by molar-refractivity contribution is 4.68. The third-order valence-electron chi connectivity index (χ3n) is 2.28. The van der Waals surface area contributed by atoms with E-state index >= 15 is 0 Å². The van der Waals surface area contributed by atoms with Crippen LogP contribution in [0.5, 0.6) is 0 Å². The van der Waals surface area contributed by atoms with Gasteiger partial charge in [-0.05, 0) is 19.4 Å². The largest absolute Gasteiger partial charge is 0.308 e. The Hall–Kier alpha value is -0.640. The molecular formula is C8H16N2O2. The highest BCUT2D eigenvalue weighted by atomic mass is 16.6. The van der Waals surface area contributed by atoms with Gasteiger partial charge in [0, 0.05) is 4.92 Å². The summed E-state index contributed by atoms with van der Waals surface area (Å²) < 4.78 is 0. The molecule has 1 saturated heterocycles. The Bertz CT molecular complexity index is 142. The first-order chi connectivity index (χ1) is 5.79. The Kier molecular flexibility index (Phi) is 4.00. The number of nitrogens with one attached hydrogen (secondary N) is 1. The Morgan fingerprint density at radius 1 is 1.33 bits per heavy atom. The van der Waals surface area contributed by atoms with Gasteiger partial charge < -0.3 is 5.32 Å². The van der Waals surface area contributed by atoms with E-state index in [2.05, 4.69) is 5.32 Å². The highest BCUT2D eigenvalue weighted by Crippen LogP contribution is 2.09. The third kappa shape index (κ3) is 3.67. The molecule has 0 amide bonds. The first-order valence-electron chi connectivity index (χ1n) is 4.64. The van der Waals surface area contributed by atoms with Crippen LogP contribution in [0.1, 0.15) is 32.1 Å². The second-order valence-electron chi connectivity index (χ2n) is 3.37. The molecule has 0 aliphatic carbocycles. The first kappa shape index (κ1) is 9.45. The van der Waals surface area contributed by atoms with Crippen molar-refractivity contribution in [3.63, 3.8) is 0 Å². The molecule has 1 fully saturated rings. The van der Waals surface area contributed by atoms with Crippen LogP contribution in [0.15, 0.2) is 0 Å².